The van der Waals surface area contributed by atoms with Gasteiger partial charge < -0.3 is 14.5 Å². The third-order valence-electron chi connectivity index (χ3n) is 6.86. The Labute approximate surface area is 212 Å². The molecule has 0 aliphatic carbocycles. The van der Waals surface area contributed by atoms with Crippen LogP contribution in [0.15, 0.2) is 67.8 Å². The maximum Gasteiger partial charge on any atom is 0.263 e. The van der Waals surface area contributed by atoms with Crippen molar-refractivity contribution in [3.63, 3.8) is 0 Å². The summed E-state index contributed by atoms with van der Waals surface area (Å²) in [6, 6.07) is 13.0. The van der Waals surface area contributed by atoms with E-state index in [1.807, 2.05) is 36.4 Å². The van der Waals surface area contributed by atoms with Crippen molar-refractivity contribution in [2.24, 2.45) is 5.92 Å². The van der Waals surface area contributed by atoms with E-state index in [1.54, 1.807) is 30.2 Å². The molecule has 7 nitrogen and oxygen atoms in total. The van der Waals surface area contributed by atoms with Gasteiger partial charge in [0.1, 0.15) is 5.75 Å². The number of hydrogen-bond acceptors (Lipinski definition) is 5. The van der Waals surface area contributed by atoms with Gasteiger partial charge in [-0.3, -0.25) is 19.3 Å². The largest absolute Gasteiger partial charge is 0.497 e. The highest BCUT2D eigenvalue weighted by atomic mass is 16.5. The zero-order valence-corrected chi connectivity index (χ0v) is 20.8. The predicted molar refractivity (Wildman–Crippen MR) is 140 cm³/mol. The number of hydrogen-bond donors (Lipinski definition) is 0. The minimum absolute atomic E-state index is 0.0643. The number of anilines is 1. The van der Waals surface area contributed by atoms with E-state index in [0.717, 1.165) is 36.4 Å². The number of rotatable bonds is 10. The summed E-state index contributed by atoms with van der Waals surface area (Å²) in [5.41, 5.74) is 2.59. The number of piperidine rings is 1. The van der Waals surface area contributed by atoms with E-state index in [2.05, 4.69) is 18.1 Å². The molecule has 0 bridgehead atoms. The average molecular weight is 488 g/mol. The molecule has 0 unspecified atom stereocenters. The third-order valence-corrected chi connectivity index (χ3v) is 6.86. The molecule has 2 aromatic carbocycles. The van der Waals surface area contributed by atoms with E-state index in [4.69, 9.17) is 4.74 Å². The van der Waals surface area contributed by atoms with Gasteiger partial charge in [0.05, 0.1) is 29.8 Å². The Morgan fingerprint density at radius 2 is 1.86 bits per heavy atom. The van der Waals surface area contributed by atoms with Crippen molar-refractivity contribution in [1.29, 1.82) is 0 Å². The number of imide groups is 1. The molecule has 7 heteroatoms. The van der Waals surface area contributed by atoms with Crippen molar-refractivity contribution in [2.75, 3.05) is 44.7 Å². The molecule has 2 aliphatic rings. The highest BCUT2D eigenvalue weighted by molar-refractivity contribution is 6.23. The van der Waals surface area contributed by atoms with E-state index in [1.165, 1.54) is 4.90 Å². The fourth-order valence-corrected chi connectivity index (χ4v) is 5.07. The van der Waals surface area contributed by atoms with Crippen LogP contribution in [0.5, 0.6) is 5.75 Å². The SMILES string of the molecule is C=CCN(CC=C)C(=O)[C@H]1CCCN(c2cccc3c2C(=O)N(CCc2cccc(OC)c2)C3=O)C1. The van der Waals surface area contributed by atoms with E-state index in [-0.39, 0.29) is 30.2 Å². The first-order valence-corrected chi connectivity index (χ1v) is 12.4. The summed E-state index contributed by atoms with van der Waals surface area (Å²) in [5.74, 6) is 0.0702. The molecule has 2 heterocycles. The van der Waals surface area contributed by atoms with Gasteiger partial charge in [-0.2, -0.15) is 0 Å². The minimum atomic E-state index is -0.276. The summed E-state index contributed by atoms with van der Waals surface area (Å²) in [7, 11) is 1.61. The topological polar surface area (TPSA) is 70.2 Å². The number of nitrogens with zero attached hydrogens (tertiary/aromatic N) is 3. The third kappa shape index (κ3) is 5.05. The van der Waals surface area contributed by atoms with Gasteiger partial charge in [-0.1, -0.05) is 30.4 Å². The van der Waals surface area contributed by atoms with Crippen LogP contribution in [-0.2, 0) is 11.2 Å². The monoisotopic (exact) mass is 487 g/mol. The average Bonchev–Trinajstić information content (AvgIpc) is 3.16. The second-order valence-electron chi connectivity index (χ2n) is 9.17. The number of carbonyl (C=O) groups is 3. The maximum atomic E-state index is 13.5. The maximum absolute atomic E-state index is 13.5. The van der Waals surface area contributed by atoms with Gasteiger partial charge >= 0.3 is 0 Å². The number of benzene rings is 2. The molecular formula is C29H33N3O4. The minimum Gasteiger partial charge on any atom is -0.497 e. The molecule has 1 saturated heterocycles. The Kier molecular flexibility index (Phi) is 7.88. The lowest BCUT2D eigenvalue weighted by Gasteiger charge is -2.36. The van der Waals surface area contributed by atoms with E-state index >= 15 is 0 Å². The van der Waals surface area contributed by atoms with Crippen LogP contribution >= 0.6 is 0 Å². The summed E-state index contributed by atoms with van der Waals surface area (Å²) in [6.07, 6.45) is 5.60. The number of amides is 3. The van der Waals surface area contributed by atoms with Crippen LogP contribution in [0, 0.1) is 5.92 Å². The van der Waals surface area contributed by atoms with Crippen LogP contribution in [0.2, 0.25) is 0 Å². The molecular weight excluding hydrogens is 454 g/mol. The summed E-state index contributed by atoms with van der Waals surface area (Å²) in [5, 5.41) is 0. The van der Waals surface area contributed by atoms with Crippen LogP contribution in [0.25, 0.3) is 0 Å². The fraction of sp³-hybridized carbons (Fsp3) is 0.345. The Bertz CT molecular complexity index is 1160. The van der Waals surface area contributed by atoms with E-state index in [0.29, 0.717) is 37.2 Å². The highest BCUT2D eigenvalue weighted by Gasteiger charge is 2.39. The molecule has 0 aromatic heterocycles. The quantitative estimate of drug-likeness (QED) is 0.375. The molecule has 3 amide bonds. The van der Waals surface area contributed by atoms with Crippen molar-refractivity contribution >= 4 is 23.4 Å². The Morgan fingerprint density at radius 3 is 2.58 bits per heavy atom. The van der Waals surface area contributed by atoms with Gasteiger partial charge in [0, 0.05) is 32.7 Å². The molecule has 0 saturated carbocycles. The van der Waals surface area contributed by atoms with Crippen LogP contribution in [-0.4, -0.2) is 67.4 Å². The first-order valence-electron chi connectivity index (χ1n) is 12.4. The van der Waals surface area contributed by atoms with Gasteiger partial charge in [0.15, 0.2) is 0 Å². The van der Waals surface area contributed by atoms with Gasteiger partial charge in [-0.15, -0.1) is 13.2 Å². The zero-order chi connectivity index (χ0) is 25.7. The van der Waals surface area contributed by atoms with Crippen LogP contribution in [0.4, 0.5) is 5.69 Å². The summed E-state index contributed by atoms with van der Waals surface area (Å²) < 4.78 is 5.28. The molecule has 188 valence electrons. The van der Waals surface area contributed by atoms with Crippen LogP contribution in [0.3, 0.4) is 0 Å². The second-order valence-corrected chi connectivity index (χ2v) is 9.17. The molecule has 0 N–H and O–H groups in total. The Hall–Kier alpha value is -3.87. The van der Waals surface area contributed by atoms with Gasteiger partial charge in [0.25, 0.3) is 11.8 Å². The predicted octanol–water partition coefficient (Wildman–Crippen LogP) is 3.95. The molecule has 4 rings (SSSR count). The summed E-state index contributed by atoms with van der Waals surface area (Å²) >= 11 is 0. The van der Waals surface area contributed by atoms with Crippen LogP contribution < -0.4 is 9.64 Å². The number of methoxy groups -OCH3 is 1. The van der Waals surface area contributed by atoms with E-state index < -0.39 is 0 Å². The van der Waals surface area contributed by atoms with Gasteiger partial charge in [0.2, 0.25) is 5.91 Å². The zero-order valence-electron chi connectivity index (χ0n) is 20.8. The molecule has 1 atom stereocenters. The van der Waals surface area contributed by atoms with Crippen molar-refractivity contribution in [2.45, 2.75) is 19.3 Å². The molecule has 2 aromatic rings. The number of fused-ring (bicyclic) bond motifs is 1. The first-order chi connectivity index (χ1) is 17.5. The summed E-state index contributed by atoms with van der Waals surface area (Å²) in [4.78, 5) is 45.0. The molecule has 2 aliphatic heterocycles. The normalized spacial score (nSPS) is 17.1. The molecule has 1 fully saturated rings. The summed E-state index contributed by atoms with van der Waals surface area (Å²) in [6.45, 7) is 9.98. The smallest absolute Gasteiger partial charge is 0.263 e. The van der Waals surface area contributed by atoms with Crippen molar-refractivity contribution in [1.82, 2.24) is 9.80 Å². The lowest BCUT2D eigenvalue weighted by atomic mass is 9.94. The first kappa shape index (κ1) is 25.2. The van der Waals surface area contributed by atoms with E-state index in [9.17, 15) is 14.4 Å². The standard InChI is InChI=1S/C29H33N3O4/c1-4-15-30(16-5-2)27(33)22-10-8-17-31(20-22)25-13-7-12-24-26(25)29(35)32(28(24)34)18-14-21-9-6-11-23(19-21)36-3/h4-7,9,11-13,19,22H,1-2,8,10,14-18,20H2,3H3/t22-/m0/s1. The Balaban J connectivity index is 1.52. The molecule has 0 radical (unpaired) electrons. The Morgan fingerprint density at radius 1 is 1.11 bits per heavy atom. The van der Waals surface area contributed by atoms with Crippen molar-refractivity contribution in [3.8, 4) is 5.75 Å². The van der Waals surface area contributed by atoms with Crippen LogP contribution in [0.1, 0.15) is 39.1 Å². The van der Waals surface area contributed by atoms with Crippen molar-refractivity contribution < 1.29 is 19.1 Å². The number of carbonyl (C=O) groups excluding carboxylic acids is 3. The molecule has 0 spiro atoms. The van der Waals surface area contributed by atoms with Gasteiger partial charge in [-0.05, 0) is 49.1 Å². The lowest BCUT2D eigenvalue weighted by molar-refractivity contribution is -0.134. The lowest BCUT2D eigenvalue weighted by Crippen LogP contribution is -2.45. The number of ether oxygens (including phenoxy) is 1. The molecule has 36 heavy (non-hydrogen) atoms. The highest BCUT2D eigenvalue weighted by Crippen LogP contribution is 2.34. The second kappa shape index (κ2) is 11.2. The van der Waals surface area contributed by atoms with Gasteiger partial charge in [-0.25, -0.2) is 0 Å². The van der Waals surface area contributed by atoms with Crippen molar-refractivity contribution in [3.05, 3.63) is 84.5 Å². The fourth-order valence-electron chi connectivity index (χ4n) is 5.07.